The number of hydrogen-bond acceptors (Lipinski definition) is 5. The molecule has 1 heterocycles. The number of aromatic nitrogens is 3. The van der Waals surface area contributed by atoms with E-state index in [9.17, 15) is 9.59 Å². The van der Waals surface area contributed by atoms with Crippen molar-refractivity contribution >= 4 is 17.5 Å². The number of H-pyrrole nitrogens is 1. The summed E-state index contributed by atoms with van der Waals surface area (Å²) >= 11 is 0. The molecule has 1 atom stereocenters. The number of nitrogens with one attached hydrogen (secondary N) is 3. The van der Waals surface area contributed by atoms with Crippen molar-refractivity contribution in [2.24, 2.45) is 5.92 Å². The molecule has 0 aliphatic rings. The molecule has 2 aromatic carbocycles. The van der Waals surface area contributed by atoms with Crippen LogP contribution in [0.25, 0.3) is 11.4 Å². The molecule has 156 valence electrons. The van der Waals surface area contributed by atoms with E-state index in [0.29, 0.717) is 17.3 Å². The molecule has 1 aromatic heterocycles. The summed E-state index contributed by atoms with van der Waals surface area (Å²) in [7, 11) is 0. The molecular formula is C22H25N5O3. The van der Waals surface area contributed by atoms with Gasteiger partial charge in [0.25, 0.3) is 5.91 Å². The van der Waals surface area contributed by atoms with Crippen molar-refractivity contribution in [3.63, 3.8) is 0 Å². The number of aryl methyl sites for hydroxylation is 1. The Morgan fingerprint density at radius 1 is 1.07 bits per heavy atom. The zero-order chi connectivity index (χ0) is 21.5. The molecule has 0 aliphatic heterocycles. The summed E-state index contributed by atoms with van der Waals surface area (Å²) in [6.07, 6.45) is 0. The van der Waals surface area contributed by atoms with E-state index in [1.165, 1.54) is 0 Å². The Morgan fingerprint density at radius 3 is 2.37 bits per heavy atom. The molecule has 0 spiro atoms. The summed E-state index contributed by atoms with van der Waals surface area (Å²) in [5, 5.41) is 12.5. The fraction of sp³-hybridized carbons (Fsp3) is 0.273. The van der Waals surface area contributed by atoms with Crippen LogP contribution in [0.4, 0.5) is 5.69 Å². The van der Waals surface area contributed by atoms with Crippen LogP contribution in [0.15, 0.2) is 54.6 Å². The third-order valence-electron chi connectivity index (χ3n) is 4.39. The molecule has 2 amide bonds. The predicted octanol–water partition coefficient (Wildman–Crippen LogP) is 2.94. The highest BCUT2D eigenvalue weighted by Crippen LogP contribution is 2.18. The van der Waals surface area contributed by atoms with E-state index >= 15 is 0 Å². The average molecular weight is 407 g/mol. The Morgan fingerprint density at radius 2 is 1.77 bits per heavy atom. The average Bonchev–Trinajstić information content (AvgIpc) is 3.17. The smallest absolute Gasteiger partial charge is 0.258 e. The number of amides is 2. The van der Waals surface area contributed by atoms with Gasteiger partial charge in [0.1, 0.15) is 17.6 Å². The van der Waals surface area contributed by atoms with Crippen LogP contribution in [0.1, 0.15) is 19.7 Å². The van der Waals surface area contributed by atoms with Gasteiger partial charge in [-0.1, -0.05) is 32.0 Å². The topological polar surface area (TPSA) is 109 Å². The monoisotopic (exact) mass is 407 g/mol. The molecule has 0 radical (unpaired) electrons. The van der Waals surface area contributed by atoms with E-state index in [1.807, 2.05) is 51.1 Å². The number of aromatic amines is 1. The Bertz CT molecular complexity index is 984. The first-order valence-electron chi connectivity index (χ1n) is 9.70. The first-order valence-corrected chi connectivity index (χ1v) is 9.70. The standard InChI is InChI=1S/C22H25N5O3/c1-14(2)20(25-19(28)13-30-18-7-5-4-6-8-18)22(29)24-17-11-9-16(10-12-17)21-23-15(3)26-27-21/h4-12,14,20H,13H2,1-3H3,(H,24,29)(H,25,28)(H,23,26,27). The van der Waals surface area contributed by atoms with E-state index in [1.54, 1.807) is 24.3 Å². The number of anilines is 1. The van der Waals surface area contributed by atoms with Crippen molar-refractivity contribution in [2.75, 3.05) is 11.9 Å². The Hall–Kier alpha value is -3.68. The van der Waals surface area contributed by atoms with Crippen LogP contribution in [0.2, 0.25) is 0 Å². The lowest BCUT2D eigenvalue weighted by molar-refractivity contribution is -0.128. The largest absolute Gasteiger partial charge is 0.484 e. The van der Waals surface area contributed by atoms with Gasteiger partial charge in [-0.3, -0.25) is 14.7 Å². The molecule has 8 nitrogen and oxygen atoms in total. The van der Waals surface area contributed by atoms with Crippen LogP contribution in [0, 0.1) is 12.8 Å². The number of benzene rings is 2. The molecule has 8 heteroatoms. The third kappa shape index (κ3) is 5.66. The van der Waals surface area contributed by atoms with E-state index in [4.69, 9.17) is 4.74 Å². The molecule has 0 aliphatic carbocycles. The summed E-state index contributed by atoms with van der Waals surface area (Å²) in [5.74, 6) is 1.17. The summed E-state index contributed by atoms with van der Waals surface area (Å²) < 4.78 is 5.45. The fourth-order valence-electron chi connectivity index (χ4n) is 2.81. The van der Waals surface area contributed by atoms with Gasteiger partial charge in [-0.25, -0.2) is 4.98 Å². The maximum Gasteiger partial charge on any atom is 0.258 e. The van der Waals surface area contributed by atoms with Crippen molar-refractivity contribution in [3.8, 4) is 17.1 Å². The lowest BCUT2D eigenvalue weighted by Gasteiger charge is -2.22. The number of rotatable bonds is 8. The molecule has 3 N–H and O–H groups in total. The van der Waals surface area contributed by atoms with Crippen molar-refractivity contribution < 1.29 is 14.3 Å². The van der Waals surface area contributed by atoms with Crippen molar-refractivity contribution in [1.82, 2.24) is 20.5 Å². The van der Waals surface area contributed by atoms with E-state index < -0.39 is 6.04 Å². The van der Waals surface area contributed by atoms with Crippen LogP contribution in [-0.4, -0.2) is 39.6 Å². The normalized spacial score (nSPS) is 11.7. The minimum Gasteiger partial charge on any atom is -0.484 e. The van der Waals surface area contributed by atoms with Crippen molar-refractivity contribution in [2.45, 2.75) is 26.8 Å². The first-order chi connectivity index (χ1) is 14.4. The van der Waals surface area contributed by atoms with Crippen LogP contribution in [0.3, 0.4) is 0 Å². The number of carbonyl (C=O) groups is 2. The van der Waals surface area contributed by atoms with Crippen LogP contribution in [-0.2, 0) is 9.59 Å². The molecule has 0 saturated carbocycles. The summed E-state index contributed by atoms with van der Waals surface area (Å²) in [6, 6.07) is 15.6. The second kappa shape index (κ2) is 9.69. The summed E-state index contributed by atoms with van der Waals surface area (Å²) in [6.45, 7) is 5.41. The molecule has 0 bridgehead atoms. The minimum absolute atomic E-state index is 0.0961. The Balaban J connectivity index is 1.57. The van der Waals surface area contributed by atoms with E-state index in [-0.39, 0.29) is 24.3 Å². The van der Waals surface area contributed by atoms with Gasteiger partial charge < -0.3 is 15.4 Å². The zero-order valence-corrected chi connectivity index (χ0v) is 17.2. The third-order valence-corrected chi connectivity index (χ3v) is 4.39. The maximum atomic E-state index is 12.7. The lowest BCUT2D eigenvalue weighted by atomic mass is 10.0. The zero-order valence-electron chi connectivity index (χ0n) is 17.2. The van der Waals surface area contributed by atoms with Gasteiger partial charge in [0.15, 0.2) is 12.4 Å². The predicted molar refractivity (Wildman–Crippen MR) is 114 cm³/mol. The fourth-order valence-corrected chi connectivity index (χ4v) is 2.81. The highest BCUT2D eigenvalue weighted by atomic mass is 16.5. The summed E-state index contributed by atoms with van der Waals surface area (Å²) in [5.41, 5.74) is 1.46. The molecule has 0 fully saturated rings. The maximum absolute atomic E-state index is 12.7. The van der Waals surface area contributed by atoms with Crippen LogP contribution < -0.4 is 15.4 Å². The number of carbonyl (C=O) groups excluding carboxylic acids is 2. The number of ether oxygens (including phenoxy) is 1. The van der Waals surface area contributed by atoms with Gasteiger partial charge in [0, 0.05) is 11.3 Å². The van der Waals surface area contributed by atoms with Gasteiger partial charge in [-0.05, 0) is 49.2 Å². The molecule has 30 heavy (non-hydrogen) atoms. The number of para-hydroxylation sites is 1. The van der Waals surface area contributed by atoms with E-state index in [2.05, 4.69) is 25.8 Å². The molecule has 0 saturated heterocycles. The summed E-state index contributed by atoms with van der Waals surface area (Å²) in [4.78, 5) is 29.3. The highest BCUT2D eigenvalue weighted by Gasteiger charge is 2.24. The minimum atomic E-state index is -0.688. The van der Waals surface area contributed by atoms with Gasteiger partial charge in [-0.2, -0.15) is 5.10 Å². The van der Waals surface area contributed by atoms with Gasteiger partial charge >= 0.3 is 0 Å². The highest BCUT2D eigenvalue weighted by molar-refractivity contribution is 5.97. The van der Waals surface area contributed by atoms with Crippen LogP contribution in [0.5, 0.6) is 5.75 Å². The number of nitrogens with zero attached hydrogens (tertiary/aromatic N) is 2. The second-order valence-corrected chi connectivity index (χ2v) is 7.20. The lowest BCUT2D eigenvalue weighted by Crippen LogP contribution is -2.48. The molecule has 3 aromatic rings. The van der Waals surface area contributed by atoms with Crippen LogP contribution >= 0.6 is 0 Å². The van der Waals surface area contributed by atoms with Crippen molar-refractivity contribution in [3.05, 3.63) is 60.4 Å². The second-order valence-electron chi connectivity index (χ2n) is 7.20. The SMILES string of the molecule is Cc1nc(-c2ccc(NC(=O)C(NC(=O)COc3ccccc3)C(C)C)cc2)n[nH]1. The van der Waals surface area contributed by atoms with Gasteiger partial charge in [0.2, 0.25) is 5.91 Å². The Labute approximate surface area is 175 Å². The van der Waals surface area contributed by atoms with Crippen molar-refractivity contribution in [1.29, 1.82) is 0 Å². The quantitative estimate of drug-likeness (QED) is 0.532. The molecular weight excluding hydrogens is 382 g/mol. The van der Waals surface area contributed by atoms with E-state index in [0.717, 1.165) is 11.4 Å². The first kappa shape index (κ1) is 21.0. The Kier molecular flexibility index (Phi) is 6.79. The molecule has 3 rings (SSSR count). The number of hydrogen-bond donors (Lipinski definition) is 3. The van der Waals surface area contributed by atoms with Gasteiger partial charge in [-0.15, -0.1) is 0 Å². The van der Waals surface area contributed by atoms with Gasteiger partial charge in [0.05, 0.1) is 0 Å². The molecule has 1 unspecified atom stereocenters.